The number of carbonyl (C=O) groups is 2. The number of esters is 1. The minimum Gasteiger partial charge on any atom is -0.461 e. The number of ether oxygens (including phenoxy) is 1. The monoisotopic (exact) mass is 224 g/mol. The number of nitrogens with two attached hydrogens (primary N) is 1. The maximum atomic E-state index is 11.2. The fourth-order valence-corrected chi connectivity index (χ4v) is 1.38. The molecule has 1 aromatic heterocycles. The van der Waals surface area contributed by atoms with Crippen LogP contribution in [0.5, 0.6) is 0 Å². The molecule has 0 saturated heterocycles. The number of primary amides is 1. The first-order valence-corrected chi connectivity index (χ1v) is 4.95. The molecule has 1 heterocycles. The molecule has 0 atom stereocenters. The van der Waals surface area contributed by atoms with Crippen LogP contribution in [0.3, 0.4) is 0 Å². The molecule has 0 aliphatic rings. The molecule has 2 N–H and O–H groups in total. The number of rotatable bonds is 2. The SMILES string of the molecule is CCOC(=O)c1csc(C#CC(N)=O)n1. The van der Waals surface area contributed by atoms with Crippen LogP contribution < -0.4 is 5.73 Å². The lowest BCUT2D eigenvalue weighted by molar-refractivity contribution is -0.112. The average Bonchev–Trinajstić information content (AvgIpc) is 2.63. The third-order valence-electron chi connectivity index (χ3n) is 1.28. The summed E-state index contributed by atoms with van der Waals surface area (Å²) in [4.78, 5) is 25.4. The van der Waals surface area contributed by atoms with E-state index in [-0.39, 0.29) is 5.69 Å². The van der Waals surface area contributed by atoms with Crippen LogP contribution in [0.15, 0.2) is 5.38 Å². The van der Waals surface area contributed by atoms with Gasteiger partial charge in [-0.2, -0.15) is 0 Å². The van der Waals surface area contributed by atoms with Crippen molar-refractivity contribution in [1.82, 2.24) is 4.98 Å². The summed E-state index contributed by atoms with van der Waals surface area (Å²) >= 11 is 1.15. The summed E-state index contributed by atoms with van der Waals surface area (Å²) in [6, 6.07) is 0. The number of hydrogen-bond donors (Lipinski definition) is 1. The van der Waals surface area contributed by atoms with Crippen LogP contribution in [0.1, 0.15) is 22.4 Å². The Balaban J connectivity index is 2.78. The number of hydrogen-bond acceptors (Lipinski definition) is 5. The summed E-state index contributed by atoms with van der Waals surface area (Å²) in [5, 5.41) is 1.88. The van der Waals surface area contributed by atoms with Crippen molar-refractivity contribution in [2.75, 3.05) is 6.61 Å². The van der Waals surface area contributed by atoms with E-state index >= 15 is 0 Å². The predicted octanol–water partition coefficient (Wildman–Crippen LogP) is 0.157. The van der Waals surface area contributed by atoms with E-state index in [9.17, 15) is 9.59 Å². The minimum absolute atomic E-state index is 0.190. The first kappa shape index (κ1) is 11.2. The molecule has 0 unspecified atom stereocenters. The molecule has 15 heavy (non-hydrogen) atoms. The summed E-state index contributed by atoms with van der Waals surface area (Å²) in [5.41, 5.74) is 5.02. The van der Waals surface area contributed by atoms with E-state index in [1.165, 1.54) is 5.38 Å². The molecule has 1 aromatic rings. The molecule has 0 aliphatic carbocycles. The van der Waals surface area contributed by atoms with E-state index in [0.29, 0.717) is 11.6 Å². The molecule has 0 fully saturated rings. The standard InChI is InChI=1S/C9H8N2O3S/c1-2-14-9(13)6-5-15-8(11-6)4-3-7(10)12/h5H,2H2,1H3,(H2,10,12). The smallest absolute Gasteiger partial charge is 0.357 e. The molecule has 1 amide bonds. The first-order valence-electron chi connectivity index (χ1n) is 4.07. The topological polar surface area (TPSA) is 82.3 Å². The zero-order chi connectivity index (χ0) is 11.3. The summed E-state index contributed by atoms with van der Waals surface area (Å²) in [7, 11) is 0. The second-order valence-corrected chi connectivity index (χ2v) is 3.23. The first-order chi connectivity index (χ1) is 7.13. The number of amides is 1. The molecule has 0 radical (unpaired) electrons. The highest BCUT2D eigenvalue weighted by Gasteiger charge is 2.10. The van der Waals surface area contributed by atoms with E-state index in [2.05, 4.69) is 16.8 Å². The molecule has 78 valence electrons. The van der Waals surface area contributed by atoms with Crippen LogP contribution in [-0.4, -0.2) is 23.5 Å². The van der Waals surface area contributed by atoms with Gasteiger partial charge in [0.25, 0.3) is 5.91 Å². The molecule has 5 nitrogen and oxygen atoms in total. The maximum absolute atomic E-state index is 11.2. The van der Waals surface area contributed by atoms with Gasteiger partial charge in [0.05, 0.1) is 6.61 Å². The van der Waals surface area contributed by atoms with Crippen molar-refractivity contribution in [3.8, 4) is 11.8 Å². The lowest BCUT2D eigenvalue weighted by Crippen LogP contribution is -2.06. The highest BCUT2D eigenvalue weighted by molar-refractivity contribution is 7.10. The normalized spacial score (nSPS) is 8.87. The van der Waals surface area contributed by atoms with Gasteiger partial charge in [0.1, 0.15) is 0 Å². The quantitative estimate of drug-likeness (QED) is 0.573. The number of aromatic nitrogens is 1. The largest absolute Gasteiger partial charge is 0.461 e. The van der Waals surface area contributed by atoms with Gasteiger partial charge < -0.3 is 10.5 Å². The van der Waals surface area contributed by atoms with Gasteiger partial charge >= 0.3 is 5.97 Å². The lowest BCUT2D eigenvalue weighted by Gasteiger charge is -1.95. The van der Waals surface area contributed by atoms with Gasteiger partial charge in [-0.3, -0.25) is 4.79 Å². The zero-order valence-corrected chi connectivity index (χ0v) is 8.76. The highest BCUT2D eigenvalue weighted by Crippen LogP contribution is 2.09. The summed E-state index contributed by atoms with van der Waals surface area (Å²) in [5.74, 6) is 3.33. The summed E-state index contributed by atoms with van der Waals surface area (Å²) in [6.45, 7) is 2.00. The number of carbonyl (C=O) groups excluding carboxylic acids is 2. The van der Waals surface area contributed by atoms with Crippen LogP contribution in [0.4, 0.5) is 0 Å². The third-order valence-corrected chi connectivity index (χ3v) is 2.04. The Morgan fingerprint density at radius 2 is 2.40 bits per heavy atom. The Labute approximate surface area is 90.3 Å². The van der Waals surface area contributed by atoms with E-state index in [4.69, 9.17) is 10.5 Å². The Bertz CT molecular complexity index is 442. The number of nitrogens with zero attached hydrogens (tertiary/aromatic N) is 1. The Hall–Kier alpha value is -1.87. The molecular weight excluding hydrogens is 216 g/mol. The van der Waals surface area contributed by atoms with Crippen LogP contribution in [-0.2, 0) is 9.53 Å². The molecule has 0 bridgehead atoms. The molecule has 0 spiro atoms. The van der Waals surface area contributed by atoms with E-state index in [1.807, 2.05) is 0 Å². The molecule has 0 aromatic carbocycles. The second-order valence-electron chi connectivity index (χ2n) is 2.37. The van der Waals surface area contributed by atoms with Gasteiger partial charge in [0, 0.05) is 11.3 Å². The van der Waals surface area contributed by atoms with Gasteiger partial charge in [-0.15, -0.1) is 11.3 Å². The van der Waals surface area contributed by atoms with Crippen molar-refractivity contribution < 1.29 is 14.3 Å². The van der Waals surface area contributed by atoms with E-state index < -0.39 is 11.9 Å². The third kappa shape index (κ3) is 3.40. The Kier molecular flexibility index (Phi) is 3.83. The summed E-state index contributed by atoms with van der Waals surface area (Å²) in [6.07, 6.45) is 0. The van der Waals surface area contributed by atoms with Gasteiger partial charge in [0.2, 0.25) is 0 Å². The zero-order valence-electron chi connectivity index (χ0n) is 7.94. The molecular formula is C9H8N2O3S. The van der Waals surface area contributed by atoms with Gasteiger partial charge in [-0.1, -0.05) is 0 Å². The fourth-order valence-electron chi connectivity index (χ4n) is 0.745. The van der Waals surface area contributed by atoms with Crippen LogP contribution in [0, 0.1) is 11.8 Å². The van der Waals surface area contributed by atoms with Crippen LogP contribution >= 0.6 is 11.3 Å². The molecule has 0 aliphatic heterocycles. The van der Waals surface area contributed by atoms with Crippen molar-refractivity contribution in [3.05, 3.63) is 16.1 Å². The minimum atomic E-state index is -0.733. The van der Waals surface area contributed by atoms with Crippen molar-refractivity contribution in [2.45, 2.75) is 6.92 Å². The van der Waals surface area contributed by atoms with Crippen molar-refractivity contribution in [2.24, 2.45) is 5.73 Å². The van der Waals surface area contributed by atoms with E-state index in [1.54, 1.807) is 6.92 Å². The highest BCUT2D eigenvalue weighted by atomic mass is 32.1. The molecule has 0 saturated carbocycles. The van der Waals surface area contributed by atoms with Gasteiger partial charge in [-0.05, 0) is 12.8 Å². The van der Waals surface area contributed by atoms with Crippen LogP contribution in [0.2, 0.25) is 0 Å². The average molecular weight is 224 g/mol. The summed E-state index contributed by atoms with van der Waals surface area (Å²) < 4.78 is 4.73. The van der Waals surface area contributed by atoms with Crippen molar-refractivity contribution >= 4 is 23.2 Å². The van der Waals surface area contributed by atoms with E-state index in [0.717, 1.165) is 11.3 Å². The van der Waals surface area contributed by atoms with Gasteiger partial charge in [-0.25, -0.2) is 9.78 Å². The maximum Gasteiger partial charge on any atom is 0.357 e. The molecule has 1 rings (SSSR count). The Morgan fingerprint density at radius 1 is 1.67 bits per heavy atom. The number of thiazole rings is 1. The lowest BCUT2D eigenvalue weighted by atomic mass is 10.5. The van der Waals surface area contributed by atoms with Crippen molar-refractivity contribution in [3.63, 3.8) is 0 Å². The Morgan fingerprint density at radius 3 is 3.00 bits per heavy atom. The van der Waals surface area contributed by atoms with Crippen molar-refractivity contribution in [1.29, 1.82) is 0 Å². The second kappa shape index (κ2) is 5.12. The molecule has 6 heteroatoms. The van der Waals surface area contributed by atoms with Crippen LogP contribution in [0.25, 0.3) is 0 Å². The predicted molar refractivity (Wildman–Crippen MR) is 54.1 cm³/mol. The van der Waals surface area contributed by atoms with Gasteiger partial charge in [0.15, 0.2) is 10.7 Å². The fraction of sp³-hybridized carbons (Fsp3) is 0.222.